The van der Waals surface area contributed by atoms with Gasteiger partial charge in [0.1, 0.15) is 5.82 Å². The average Bonchev–Trinajstić information content (AvgIpc) is 3.17. The lowest BCUT2D eigenvalue weighted by Crippen LogP contribution is -2.29. The molecular weight excluding hydrogens is 350 g/mol. The largest absolute Gasteiger partial charge is 0.380 e. The highest BCUT2D eigenvalue weighted by Gasteiger charge is 2.26. The molecule has 5 nitrogen and oxygen atoms in total. The molecule has 1 amide bonds. The molecule has 0 unspecified atom stereocenters. The quantitative estimate of drug-likeness (QED) is 0.708. The zero-order chi connectivity index (χ0) is 19.3. The number of hydrogen-bond donors (Lipinski definition) is 1. The van der Waals surface area contributed by atoms with E-state index in [1.54, 1.807) is 19.4 Å². The molecule has 0 saturated carbocycles. The zero-order valence-corrected chi connectivity index (χ0v) is 15.9. The van der Waals surface area contributed by atoms with Crippen LogP contribution in [0.1, 0.15) is 27.0 Å². The van der Waals surface area contributed by atoms with Gasteiger partial charge in [0, 0.05) is 32.1 Å². The van der Waals surface area contributed by atoms with Crippen molar-refractivity contribution in [3.05, 3.63) is 89.1 Å². The van der Waals surface area contributed by atoms with E-state index in [-0.39, 0.29) is 5.91 Å². The lowest BCUT2D eigenvalue weighted by atomic mass is 10.1. The first-order valence-corrected chi connectivity index (χ1v) is 9.41. The van der Waals surface area contributed by atoms with Gasteiger partial charge in [-0.15, -0.1) is 0 Å². The number of rotatable bonds is 6. The molecule has 1 N–H and O–H groups in total. The Balaban J connectivity index is 1.53. The topological polar surface area (TPSA) is 54.5 Å². The average molecular weight is 373 g/mol. The summed E-state index contributed by atoms with van der Waals surface area (Å²) in [5.74, 6) is 0.586. The summed E-state index contributed by atoms with van der Waals surface area (Å²) < 4.78 is 5.20. The van der Waals surface area contributed by atoms with Crippen molar-refractivity contribution in [3.63, 3.8) is 0 Å². The third-order valence-corrected chi connectivity index (χ3v) is 4.93. The first-order chi connectivity index (χ1) is 13.8. The standard InChI is InChI=1S/C23H23N3O2/c1-28-16-18-7-4-6-17(14-18)15-25-22-20(9-5-12-24-22)23(27)26-13-11-19-8-2-3-10-21(19)26/h2-10,12,14H,11,13,15-16H2,1H3,(H,24,25). The summed E-state index contributed by atoms with van der Waals surface area (Å²) in [6.07, 6.45) is 2.59. The van der Waals surface area contributed by atoms with E-state index in [1.807, 2.05) is 47.4 Å². The van der Waals surface area contributed by atoms with Crippen LogP contribution in [0.5, 0.6) is 0 Å². The van der Waals surface area contributed by atoms with Gasteiger partial charge in [-0.2, -0.15) is 0 Å². The Kier molecular flexibility index (Phi) is 5.35. The van der Waals surface area contributed by atoms with Gasteiger partial charge in [0.05, 0.1) is 12.2 Å². The zero-order valence-electron chi connectivity index (χ0n) is 15.9. The first-order valence-electron chi connectivity index (χ1n) is 9.41. The Bertz CT molecular complexity index is 987. The molecule has 1 aliphatic heterocycles. The lowest BCUT2D eigenvalue weighted by Gasteiger charge is -2.19. The Morgan fingerprint density at radius 1 is 1.11 bits per heavy atom. The minimum absolute atomic E-state index is 0.0197. The molecule has 4 rings (SSSR count). The van der Waals surface area contributed by atoms with Crippen molar-refractivity contribution in [2.24, 2.45) is 0 Å². The van der Waals surface area contributed by atoms with E-state index < -0.39 is 0 Å². The van der Waals surface area contributed by atoms with E-state index in [1.165, 1.54) is 5.56 Å². The molecule has 3 aromatic rings. The van der Waals surface area contributed by atoms with Gasteiger partial charge in [0.25, 0.3) is 5.91 Å². The Labute approximate surface area is 165 Å². The third-order valence-electron chi connectivity index (χ3n) is 4.93. The van der Waals surface area contributed by atoms with Gasteiger partial charge >= 0.3 is 0 Å². The fraction of sp³-hybridized carbons (Fsp3) is 0.217. The van der Waals surface area contributed by atoms with Crippen LogP contribution in [0.4, 0.5) is 11.5 Å². The molecule has 0 radical (unpaired) electrons. The van der Waals surface area contributed by atoms with E-state index in [0.29, 0.717) is 31.1 Å². The minimum atomic E-state index is -0.0197. The van der Waals surface area contributed by atoms with E-state index in [4.69, 9.17) is 4.74 Å². The number of nitrogens with zero attached hydrogens (tertiary/aromatic N) is 2. The van der Waals surface area contributed by atoms with Crippen molar-refractivity contribution in [1.82, 2.24) is 4.98 Å². The fourth-order valence-corrected chi connectivity index (χ4v) is 3.60. The van der Waals surface area contributed by atoms with Gasteiger partial charge in [-0.25, -0.2) is 4.98 Å². The number of nitrogens with one attached hydrogen (secondary N) is 1. The SMILES string of the molecule is COCc1cccc(CNc2ncccc2C(=O)N2CCc3ccccc32)c1. The maximum Gasteiger partial charge on any atom is 0.262 e. The predicted octanol–water partition coefficient (Wildman–Crippen LogP) is 4.04. The molecule has 2 heterocycles. The number of amides is 1. The highest BCUT2D eigenvalue weighted by molar-refractivity contribution is 6.10. The van der Waals surface area contributed by atoms with Crippen LogP contribution in [-0.2, 0) is 24.3 Å². The summed E-state index contributed by atoms with van der Waals surface area (Å²) in [5.41, 5.74) is 5.03. The number of pyridine rings is 1. The van der Waals surface area contributed by atoms with Gasteiger partial charge in [-0.05, 0) is 41.3 Å². The second-order valence-corrected chi connectivity index (χ2v) is 6.84. The second-order valence-electron chi connectivity index (χ2n) is 6.84. The first kappa shape index (κ1) is 18.2. The molecule has 1 aromatic heterocycles. The number of benzene rings is 2. The van der Waals surface area contributed by atoms with Crippen molar-refractivity contribution in [1.29, 1.82) is 0 Å². The summed E-state index contributed by atoms with van der Waals surface area (Å²) >= 11 is 0. The van der Waals surface area contributed by atoms with Crippen LogP contribution in [0, 0.1) is 0 Å². The lowest BCUT2D eigenvalue weighted by molar-refractivity contribution is 0.0990. The van der Waals surface area contributed by atoms with Crippen LogP contribution < -0.4 is 10.2 Å². The van der Waals surface area contributed by atoms with E-state index in [9.17, 15) is 4.79 Å². The number of fused-ring (bicyclic) bond motifs is 1. The Morgan fingerprint density at radius 3 is 2.86 bits per heavy atom. The number of ether oxygens (including phenoxy) is 1. The summed E-state index contributed by atoms with van der Waals surface area (Å²) in [7, 11) is 1.69. The Morgan fingerprint density at radius 2 is 1.96 bits per heavy atom. The molecular formula is C23H23N3O2. The summed E-state index contributed by atoms with van der Waals surface area (Å²) in [5, 5.41) is 3.33. The van der Waals surface area contributed by atoms with Crippen LogP contribution in [0.3, 0.4) is 0 Å². The number of methoxy groups -OCH3 is 1. The van der Waals surface area contributed by atoms with Gasteiger partial charge in [0.15, 0.2) is 0 Å². The van der Waals surface area contributed by atoms with E-state index >= 15 is 0 Å². The number of para-hydroxylation sites is 1. The van der Waals surface area contributed by atoms with Crippen LogP contribution in [0.15, 0.2) is 66.9 Å². The third kappa shape index (κ3) is 3.75. The van der Waals surface area contributed by atoms with Crippen LogP contribution in [-0.4, -0.2) is 24.5 Å². The molecule has 0 atom stereocenters. The minimum Gasteiger partial charge on any atom is -0.380 e. The maximum absolute atomic E-state index is 13.2. The number of aromatic nitrogens is 1. The number of anilines is 2. The molecule has 0 saturated heterocycles. The van der Waals surface area contributed by atoms with Gasteiger partial charge < -0.3 is 15.0 Å². The monoisotopic (exact) mass is 373 g/mol. The van der Waals surface area contributed by atoms with Crippen molar-refractivity contribution in [2.75, 3.05) is 23.9 Å². The summed E-state index contributed by atoms with van der Waals surface area (Å²) in [6, 6.07) is 19.9. The molecule has 0 bridgehead atoms. The fourth-order valence-electron chi connectivity index (χ4n) is 3.60. The number of carbonyl (C=O) groups is 1. The molecule has 0 aliphatic carbocycles. The van der Waals surface area contributed by atoms with Crippen molar-refractivity contribution >= 4 is 17.4 Å². The van der Waals surface area contributed by atoms with Gasteiger partial charge in [-0.3, -0.25) is 4.79 Å². The van der Waals surface area contributed by atoms with Crippen molar-refractivity contribution in [3.8, 4) is 0 Å². The maximum atomic E-state index is 13.2. The molecule has 1 aliphatic rings. The van der Waals surface area contributed by atoms with Crippen molar-refractivity contribution in [2.45, 2.75) is 19.6 Å². The van der Waals surface area contributed by atoms with Crippen LogP contribution in [0.2, 0.25) is 0 Å². The van der Waals surface area contributed by atoms with Gasteiger partial charge in [-0.1, -0.05) is 42.5 Å². The molecule has 5 heteroatoms. The molecule has 0 spiro atoms. The summed E-state index contributed by atoms with van der Waals surface area (Å²) in [4.78, 5) is 19.5. The highest BCUT2D eigenvalue weighted by atomic mass is 16.5. The van der Waals surface area contributed by atoms with E-state index in [2.05, 4.69) is 22.4 Å². The van der Waals surface area contributed by atoms with Gasteiger partial charge in [0.2, 0.25) is 0 Å². The smallest absolute Gasteiger partial charge is 0.262 e. The van der Waals surface area contributed by atoms with Crippen LogP contribution >= 0.6 is 0 Å². The van der Waals surface area contributed by atoms with Crippen LogP contribution in [0.25, 0.3) is 0 Å². The molecule has 2 aromatic carbocycles. The molecule has 0 fully saturated rings. The molecule has 28 heavy (non-hydrogen) atoms. The second kappa shape index (κ2) is 8.23. The Hall–Kier alpha value is -3.18. The number of hydrogen-bond acceptors (Lipinski definition) is 4. The normalized spacial score (nSPS) is 12.7. The number of carbonyl (C=O) groups excluding carboxylic acids is 1. The highest BCUT2D eigenvalue weighted by Crippen LogP contribution is 2.30. The van der Waals surface area contributed by atoms with E-state index in [0.717, 1.165) is 23.2 Å². The predicted molar refractivity (Wildman–Crippen MR) is 111 cm³/mol. The summed E-state index contributed by atoms with van der Waals surface area (Å²) in [6.45, 7) is 1.87. The van der Waals surface area contributed by atoms with Crippen molar-refractivity contribution < 1.29 is 9.53 Å². The molecule has 142 valence electrons.